The van der Waals surface area contributed by atoms with E-state index in [9.17, 15) is 47.9 Å². The first-order valence-electron chi connectivity index (χ1n) is 17.3. The predicted octanol–water partition coefficient (Wildman–Crippen LogP) is -1.24. The van der Waals surface area contributed by atoms with Crippen LogP contribution in [0.15, 0.2) is 36.4 Å². The summed E-state index contributed by atoms with van der Waals surface area (Å²) in [5, 5.41) is 2.13. The molecule has 2 fully saturated rings. The average Bonchev–Trinajstić information content (AvgIpc) is 3.57. The standard InChI is InChI=1S/C17H17N3O6.C13H11N3O4.C4H7ClO2.CH4S.Li.H/c1-2-13(22)26-8-19-12(21)7-6-11(16(19)24)20-15(23)9-4-3-5-10(18)14(9)17(20)25;14-7-3-1-2-6-10(7)13(20)16(12(6)19)8-4-5-9(17)15-11(8)18;1-2-4(6)7-3-5;1-2;;/h3-5,11H,2,6-8,18H2,1H3;1-3,8H,4-5,14H2,(H,15,17,18);2-3H2,1H3;2H,1H3;;/q;;;;+1;-1/i;;;1D;;. The van der Waals surface area contributed by atoms with E-state index in [-0.39, 0.29) is 104 Å². The number of nitrogens with one attached hydrogen (secondary N) is 1. The molecule has 5 N–H and O–H groups in total. The minimum atomic E-state index is -1.14. The molecule has 6 rings (SSSR count). The molecule has 0 aliphatic carbocycles. The number of nitrogens with two attached hydrogens (primary N) is 2. The van der Waals surface area contributed by atoms with Crippen LogP contribution in [0.3, 0.4) is 0 Å². The van der Waals surface area contributed by atoms with Crippen molar-refractivity contribution < 1.29 is 79.1 Å². The van der Waals surface area contributed by atoms with Gasteiger partial charge in [-0.15, -0.1) is 0 Å². The number of halogens is 1. The van der Waals surface area contributed by atoms with Gasteiger partial charge in [-0.2, -0.15) is 12.6 Å². The third-order valence-corrected chi connectivity index (χ3v) is 8.53. The second-order valence-corrected chi connectivity index (χ2v) is 11.9. The molecule has 0 aromatic heterocycles. The van der Waals surface area contributed by atoms with Gasteiger partial charge in [-0.25, -0.2) is 4.90 Å². The number of piperidine rings is 2. The molecule has 2 saturated heterocycles. The normalized spacial score (nSPS) is 18.4. The number of carbonyl (C=O) groups excluding carboxylic acids is 10. The van der Waals surface area contributed by atoms with E-state index in [0.29, 0.717) is 6.42 Å². The number of benzene rings is 2. The number of alkyl halides is 1. The molecule has 2 aromatic carbocycles. The van der Waals surface area contributed by atoms with Gasteiger partial charge in [0.25, 0.3) is 29.5 Å². The number of anilines is 2. The van der Waals surface area contributed by atoms with Gasteiger partial charge in [0.15, 0.2) is 12.8 Å². The maximum absolute atomic E-state index is 12.7. The Kier molecular flexibility index (Phi) is 17.1. The molecule has 0 radical (unpaired) electrons. The zero-order chi connectivity index (χ0) is 41.9. The number of likely N-dealkylation sites (tertiary alicyclic amines) is 1. The summed E-state index contributed by atoms with van der Waals surface area (Å²) < 4.78 is 15.2. The van der Waals surface area contributed by atoms with Gasteiger partial charge in [0.2, 0.25) is 17.7 Å². The van der Waals surface area contributed by atoms with E-state index >= 15 is 0 Å². The zero-order valence-electron chi connectivity index (χ0n) is 32.7. The van der Waals surface area contributed by atoms with E-state index < -0.39 is 72.0 Å². The second-order valence-electron chi connectivity index (χ2n) is 11.7. The molecule has 0 spiro atoms. The van der Waals surface area contributed by atoms with E-state index in [1.807, 2.05) is 0 Å². The Morgan fingerprint density at radius 2 is 1.29 bits per heavy atom. The van der Waals surface area contributed by atoms with Crippen molar-refractivity contribution in [3.8, 4) is 0 Å². The van der Waals surface area contributed by atoms with E-state index in [0.717, 1.165) is 14.7 Å². The molecule has 4 aliphatic heterocycles. The first-order chi connectivity index (χ1) is 26.6. The summed E-state index contributed by atoms with van der Waals surface area (Å²) in [6, 6.07) is 6.97. The Hall–Kier alpha value is -5.22. The van der Waals surface area contributed by atoms with Crippen LogP contribution in [0.4, 0.5) is 11.4 Å². The van der Waals surface area contributed by atoms with Crippen LogP contribution in [0.1, 0.15) is 96.6 Å². The fourth-order valence-electron chi connectivity index (χ4n) is 5.75. The van der Waals surface area contributed by atoms with Gasteiger partial charge in [0.05, 0.1) is 22.3 Å². The number of hydrogen-bond donors (Lipinski definition) is 4. The van der Waals surface area contributed by atoms with Gasteiger partial charge in [-0.1, -0.05) is 37.6 Å². The van der Waals surface area contributed by atoms with Gasteiger partial charge in [0.1, 0.15) is 12.1 Å². The largest absolute Gasteiger partial charge is 1.00 e. The molecular formula is C35H40ClLiN6O12S. The Morgan fingerprint density at radius 1 is 0.821 bits per heavy atom. The molecule has 56 heavy (non-hydrogen) atoms. The second kappa shape index (κ2) is 21.2. The smallest absolute Gasteiger partial charge is 1.00 e. The number of ether oxygens (including phenoxy) is 2. The van der Waals surface area contributed by atoms with Crippen molar-refractivity contribution in [1.29, 1.82) is 0 Å². The zero-order valence-corrected chi connectivity index (χ0v) is 32.4. The monoisotopic (exact) mass is 811 g/mol. The number of fused-ring (bicyclic) bond motifs is 2. The van der Waals surface area contributed by atoms with Crippen LogP contribution in [-0.4, -0.2) is 105 Å². The van der Waals surface area contributed by atoms with Crippen LogP contribution in [0.2, 0.25) is 0 Å². The fraction of sp³-hybridized carbons (Fsp3) is 0.371. The van der Waals surface area contributed by atoms with Gasteiger partial charge in [-0.3, -0.25) is 63.1 Å². The number of amides is 8. The van der Waals surface area contributed by atoms with E-state index in [2.05, 4.69) is 22.7 Å². The van der Waals surface area contributed by atoms with Crippen LogP contribution >= 0.6 is 24.2 Å². The van der Waals surface area contributed by atoms with Crippen molar-refractivity contribution in [2.75, 3.05) is 30.5 Å². The third kappa shape index (κ3) is 10.1. The molecular weight excluding hydrogens is 771 g/mol. The summed E-state index contributed by atoms with van der Waals surface area (Å²) in [7, 11) is 0. The molecule has 296 valence electrons. The summed E-state index contributed by atoms with van der Waals surface area (Å²) in [6.07, 6.45) is 0.879. The summed E-state index contributed by atoms with van der Waals surface area (Å²) >= 11 is 8.49. The Bertz CT molecular complexity index is 1960. The van der Waals surface area contributed by atoms with E-state index in [4.69, 9.17) is 29.2 Å². The first kappa shape index (κ1) is 45.2. The number of rotatable bonds is 7. The van der Waals surface area contributed by atoms with E-state index in [1.54, 1.807) is 26.0 Å². The van der Waals surface area contributed by atoms with Crippen molar-refractivity contribution in [3.05, 3.63) is 58.7 Å². The summed E-state index contributed by atoms with van der Waals surface area (Å²) in [5.41, 5.74) is 12.4. The molecule has 2 atom stereocenters. The summed E-state index contributed by atoms with van der Waals surface area (Å²) in [4.78, 5) is 121. The number of nitrogen functional groups attached to an aromatic ring is 2. The Morgan fingerprint density at radius 3 is 1.71 bits per heavy atom. The Labute approximate surface area is 346 Å². The maximum Gasteiger partial charge on any atom is 1.00 e. The number of thiol groups is 1. The minimum absolute atomic E-state index is 0. The van der Waals surface area contributed by atoms with Crippen molar-refractivity contribution in [2.45, 2.75) is 64.5 Å². The van der Waals surface area contributed by atoms with Crippen LogP contribution < -0.4 is 35.6 Å². The fourth-order valence-corrected chi connectivity index (χ4v) is 5.87. The molecule has 8 amide bonds. The average molecular weight is 812 g/mol. The summed E-state index contributed by atoms with van der Waals surface area (Å²) in [6.45, 7) is 2.76. The number of imide groups is 4. The molecule has 18 nitrogen and oxygen atoms in total. The number of carbonyl (C=O) groups is 10. The van der Waals surface area contributed by atoms with Gasteiger partial charge >= 0.3 is 30.8 Å². The van der Waals surface area contributed by atoms with Crippen molar-refractivity contribution in [3.63, 3.8) is 0 Å². The molecule has 4 aliphatic rings. The van der Waals surface area contributed by atoms with Gasteiger partial charge in [-0.05, 0) is 43.3 Å². The maximum atomic E-state index is 12.7. The van der Waals surface area contributed by atoms with E-state index in [1.165, 1.54) is 24.3 Å². The molecule has 2 aromatic rings. The topological polar surface area (TPSA) is 263 Å². The molecule has 0 bridgehead atoms. The predicted molar refractivity (Wildman–Crippen MR) is 198 cm³/mol. The SMILES string of the molecule is CCC(=O)OCCl.CCC(=O)OCN1C(=O)CCC(N2C(=O)c3cccc(N)c3C2=O)C1=O.Nc1cccc2c1C(=O)N(C1CCC(=O)NC1=O)C2=O.[2H]CS.[H-].[Li+]. The quantitative estimate of drug-likeness (QED) is 0.0637. The van der Waals surface area contributed by atoms with Gasteiger partial charge < -0.3 is 22.4 Å². The van der Waals surface area contributed by atoms with Gasteiger partial charge in [0, 0.05) is 38.4 Å². The van der Waals surface area contributed by atoms with Crippen molar-refractivity contribution in [1.82, 2.24) is 20.0 Å². The van der Waals surface area contributed by atoms with Crippen LogP contribution in [0.5, 0.6) is 0 Å². The Balaban J connectivity index is 0.000000466. The minimum Gasteiger partial charge on any atom is -1.00 e. The van der Waals surface area contributed by atoms with Crippen molar-refractivity contribution in [2.24, 2.45) is 0 Å². The third-order valence-electron chi connectivity index (χ3n) is 8.42. The first-order valence-corrected chi connectivity index (χ1v) is 17.7. The molecule has 21 heteroatoms. The van der Waals surface area contributed by atoms with Crippen LogP contribution in [0, 0.1) is 0 Å². The summed E-state index contributed by atoms with van der Waals surface area (Å²) in [5.74, 6) is -5.56. The number of esters is 2. The number of hydrogen-bond acceptors (Lipinski definition) is 15. The van der Waals surface area contributed by atoms with Crippen LogP contribution in [-0.2, 0) is 38.2 Å². The molecule has 0 saturated carbocycles. The number of nitrogens with zero attached hydrogens (tertiary/aromatic N) is 3. The van der Waals surface area contributed by atoms with Crippen molar-refractivity contribution >= 4 is 94.8 Å². The molecule has 4 heterocycles. The van der Waals surface area contributed by atoms with Crippen LogP contribution in [0.25, 0.3) is 0 Å². The molecule has 2 unspecified atom stereocenters.